The number of anilines is 1. The van der Waals surface area contributed by atoms with Crippen LogP contribution in [0.2, 0.25) is 5.02 Å². The lowest BCUT2D eigenvalue weighted by Crippen LogP contribution is -2.14. The minimum atomic E-state index is -0.228. The number of aromatic nitrogens is 1. The van der Waals surface area contributed by atoms with Gasteiger partial charge in [-0.05, 0) is 42.8 Å². The van der Waals surface area contributed by atoms with Crippen LogP contribution >= 0.6 is 11.6 Å². The van der Waals surface area contributed by atoms with Crippen LogP contribution in [0.1, 0.15) is 28.8 Å². The first-order valence-corrected chi connectivity index (χ1v) is 6.93. The fourth-order valence-corrected chi connectivity index (χ4v) is 1.88. The number of hydrogen-bond acceptors (Lipinski definition) is 3. The summed E-state index contributed by atoms with van der Waals surface area (Å²) in [6.45, 7) is 1.92. The number of ketones is 1. The van der Waals surface area contributed by atoms with E-state index in [2.05, 4.69) is 10.3 Å². The molecule has 0 aliphatic rings. The Morgan fingerprint density at radius 3 is 2.43 bits per heavy atom. The van der Waals surface area contributed by atoms with Crippen molar-refractivity contribution in [3.8, 4) is 0 Å². The number of aryl methyl sites for hydroxylation is 1. The molecule has 1 N–H and O–H groups in total. The number of benzene rings is 1. The summed E-state index contributed by atoms with van der Waals surface area (Å²) in [5.41, 5.74) is 1.58. The van der Waals surface area contributed by atoms with E-state index in [9.17, 15) is 9.59 Å². The molecule has 21 heavy (non-hydrogen) atoms. The Labute approximate surface area is 128 Å². The predicted molar refractivity (Wildman–Crippen MR) is 82.6 cm³/mol. The Bertz CT molecular complexity index is 636. The molecule has 2 aromatic rings. The number of carbonyl (C=O) groups is 2. The van der Waals surface area contributed by atoms with Gasteiger partial charge >= 0.3 is 0 Å². The first-order chi connectivity index (χ1) is 10.0. The third kappa shape index (κ3) is 4.68. The molecule has 1 heterocycles. The molecule has 2 rings (SSSR count). The molecule has 4 nitrogen and oxygen atoms in total. The van der Waals surface area contributed by atoms with Gasteiger partial charge < -0.3 is 5.32 Å². The number of amides is 1. The predicted octanol–water partition coefficient (Wildman–Crippen LogP) is 3.65. The van der Waals surface area contributed by atoms with Gasteiger partial charge in [0.1, 0.15) is 5.82 Å². The Balaban J connectivity index is 1.84. The number of nitrogens with one attached hydrogen (secondary N) is 1. The number of pyridine rings is 1. The van der Waals surface area contributed by atoms with Gasteiger partial charge in [-0.3, -0.25) is 9.59 Å². The molecule has 1 amide bonds. The van der Waals surface area contributed by atoms with E-state index in [4.69, 9.17) is 11.6 Å². The molecule has 0 fully saturated rings. The second kappa shape index (κ2) is 6.99. The average Bonchev–Trinajstić information content (AvgIpc) is 2.48. The van der Waals surface area contributed by atoms with Crippen LogP contribution in [0.25, 0.3) is 0 Å². The summed E-state index contributed by atoms with van der Waals surface area (Å²) in [6, 6.07) is 10.2. The molecule has 0 atom stereocenters. The topological polar surface area (TPSA) is 59.1 Å². The molecule has 5 heteroatoms. The van der Waals surface area contributed by atoms with Gasteiger partial charge in [-0.2, -0.15) is 0 Å². The van der Waals surface area contributed by atoms with Crippen LogP contribution in [0.4, 0.5) is 5.82 Å². The van der Waals surface area contributed by atoms with E-state index in [1.54, 1.807) is 36.5 Å². The van der Waals surface area contributed by atoms with Crippen molar-refractivity contribution in [1.29, 1.82) is 0 Å². The van der Waals surface area contributed by atoms with E-state index in [0.29, 0.717) is 16.4 Å². The van der Waals surface area contributed by atoms with Crippen LogP contribution in [0.5, 0.6) is 0 Å². The van der Waals surface area contributed by atoms with Crippen LogP contribution < -0.4 is 5.32 Å². The van der Waals surface area contributed by atoms with Gasteiger partial charge in [0.25, 0.3) is 0 Å². The molecule has 0 spiro atoms. The molecule has 0 radical (unpaired) electrons. The van der Waals surface area contributed by atoms with Gasteiger partial charge in [-0.25, -0.2) is 4.98 Å². The van der Waals surface area contributed by atoms with Crippen LogP contribution in [-0.2, 0) is 4.79 Å². The van der Waals surface area contributed by atoms with Gasteiger partial charge in [0.15, 0.2) is 5.78 Å². The van der Waals surface area contributed by atoms with Crippen molar-refractivity contribution in [2.45, 2.75) is 19.8 Å². The summed E-state index contributed by atoms with van der Waals surface area (Å²) in [5.74, 6) is 0.178. The van der Waals surface area contributed by atoms with E-state index in [0.717, 1.165) is 5.56 Å². The minimum Gasteiger partial charge on any atom is -0.311 e. The maximum absolute atomic E-state index is 11.9. The quantitative estimate of drug-likeness (QED) is 0.858. The summed E-state index contributed by atoms with van der Waals surface area (Å²) < 4.78 is 0. The standard InChI is InChI=1S/C16H15ClN2O2/c1-11-2-8-15(18-10-11)19-16(21)9-7-14(20)12-3-5-13(17)6-4-12/h2-6,8,10H,7,9H2,1H3,(H,18,19,21). The lowest BCUT2D eigenvalue weighted by Gasteiger charge is -2.04. The molecule has 0 bridgehead atoms. The van der Waals surface area contributed by atoms with E-state index in [-0.39, 0.29) is 24.5 Å². The molecule has 0 aliphatic carbocycles. The first-order valence-electron chi connectivity index (χ1n) is 6.56. The summed E-state index contributed by atoms with van der Waals surface area (Å²) >= 11 is 5.76. The van der Waals surface area contributed by atoms with E-state index in [1.165, 1.54) is 0 Å². The summed E-state index contributed by atoms with van der Waals surface area (Å²) in [5, 5.41) is 3.24. The number of Topliss-reactive ketones (excluding diaryl/α,β-unsaturated/α-hetero) is 1. The van der Waals surface area contributed by atoms with Crippen LogP contribution in [0, 0.1) is 6.92 Å². The van der Waals surface area contributed by atoms with Crippen molar-refractivity contribution in [3.05, 3.63) is 58.7 Å². The Kier molecular flexibility index (Phi) is 5.06. The minimum absolute atomic E-state index is 0.0846. The molecule has 0 aliphatic heterocycles. The van der Waals surface area contributed by atoms with E-state index in [1.807, 2.05) is 13.0 Å². The zero-order valence-corrected chi connectivity index (χ0v) is 12.4. The number of nitrogens with zero attached hydrogens (tertiary/aromatic N) is 1. The zero-order valence-electron chi connectivity index (χ0n) is 11.6. The lowest BCUT2D eigenvalue weighted by atomic mass is 10.1. The largest absolute Gasteiger partial charge is 0.311 e. The van der Waals surface area contributed by atoms with Crippen molar-refractivity contribution in [2.75, 3.05) is 5.32 Å². The Morgan fingerprint density at radius 2 is 1.81 bits per heavy atom. The summed E-state index contributed by atoms with van der Waals surface area (Å²) in [4.78, 5) is 27.8. The fraction of sp³-hybridized carbons (Fsp3) is 0.188. The maximum Gasteiger partial charge on any atom is 0.225 e. The van der Waals surface area contributed by atoms with Crippen molar-refractivity contribution in [3.63, 3.8) is 0 Å². The van der Waals surface area contributed by atoms with Crippen molar-refractivity contribution in [2.24, 2.45) is 0 Å². The van der Waals surface area contributed by atoms with E-state index >= 15 is 0 Å². The van der Waals surface area contributed by atoms with Gasteiger partial charge in [-0.15, -0.1) is 0 Å². The fourth-order valence-electron chi connectivity index (χ4n) is 1.75. The van der Waals surface area contributed by atoms with Gasteiger partial charge in [0.05, 0.1) is 0 Å². The third-order valence-electron chi connectivity index (χ3n) is 2.92. The number of hydrogen-bond donors (Lipinski definition) is 1. The van der Waals surface area contributed by atoms with Gasteiger partial charge in [0.2, 0.25) is 5.91 Å². The highest BCUT2D eigenvalue weighted by atomic mass is 35.5. The van der Waals surface area contributed by atoms with Gasteiger partial charge in [0, 0.05) is 29.6 Å². The summed E-state index contributed by atoms with van der Waals surface area (Å²) in [6.07, 6.45) is 1.95. The number of halogens is 1. The van der Waals surface area contributed by atoms with Gasteiger partial charge in [-0.1, -0.05) is 17.7 Å². The lowest BCUT2D eigenvalue weighted by molar-refractivity contribution is -0.116. The second-order valence-corrected chi connectivity index (χ2v) is 5.14. The van der Waals surface area contributed by atoms with E-state index < -0.39 is 0 Å². The molecule has 0 saturated heterocycles. The second-order valence-electron chi connectivity index (χ2n) is 4.70. The van der Waals surface area contributed by atoms with Crippen molar-refractivity contribution >= 4 is 29.1 Å². The zero-order chi connectivity index (χ0) is 15.2. The van der Waals surface area contributed by atoms with Crippen molar-refractivity contribution < 1.29 is 9.59 Å². The molecular weight excluding hydrogens is 288 g/mol. The Morgan fingerprint density at radius 1 is 1.10 bits per heavy atom. The monoisotopic (exact) mass is 302 g/mol. The molecule has 0 unspecified atom stereocenters. The van der Waals surface area contributed by atoms with Crippen LogP contribution in [0.3, 0.4) is 0 Å². The Hall–Kier alpha value is -2.20. The maximum atomic E-state index is 11.9. The highest BCUT2D eigenvalue weighted by Gasteiger charge is 2.09. The highest BCUT2D eigenvalue weighted by molar-refractivity contribution is 6.30. The molecule has 0 saturated carbocycles. The summed E-state index contributed by atoms with van der Waals surface area (Å²) in [7, 11) is 0. The molecule has 1 aromatic carbocycles. The third-order valence-corrected chi connectivity index (χ3v) is 3.18. The highest BCUT2D eigenvalue weighted by Crippen LogP contribution is 2.12. The normalized spacial score (nSPS) is 10.2. The number of rotatable bonds is 5. The molecule has 108 valence electrons. The molecule has 1 aromatic heterocycles. The van der Waals surface area contributed by atoms with Crippen LogP contribution in [0.15, 0.2) is 42.6 Å². The van der Waals surface area contributed by atoms with Crippen LogP contribution in [-0.4, -0.2) is 16.7 Å². The van der Waals surface area contributed by atoms with Crippen molar-refractivity contribution in [1.82, 2.24) is 4.98 Å². The SMILES string of the molecule is Cc1ccc(NC(=O)CCC(=O)c2ccc(Cl)cc2)nc1. The average molecular weight is 303 g/mol. The molecular formula is C16H15ClN2O2. The number of carbonyl (C=O) groups excluding carboxylic acids is 2. The smallest absolute Gasteiger partial charge is 0.225 e. The first kappa shape index (κ1) is 15.2.